The molecule has 1 amide bonds. The number of nitrogens with zero attached hydrogens (tertiary/aromatic N) is 3. The third kappa shape index (κ3) is 5.52. The summed E-state index contributed by atoms with van der Waals surface area (Å²) in [5, 5.41) is 13.2. The lowest BCUT2D eigenvalue weighted by atomic mass is 10.1. The van der Waals surface area contributed by atoms with Gasteiger partial charge in [0.25, 0.3) is 5.91 Å². The minimum Gasteiger partial charge on any atom is -0.355 e. The van der Waals surface area contributed by atoms with Crippen molar-refractivity contribution >= 4 is 35.8 Å². The smallest absolute Gasteiger partial charge is 0.251 e. The minimum atomic E-state index is -0.0850. The van der Waals surface area contributed by atoms with Gasteiger partial charge in [-0.1, -0.05) is 12.1 Å². The molecule has 0 aliphatic heterocycles. The number of carbonyl (C=O) groups excluding carboxylic acids is 1. The molecule has 0 saturated heterocycles. The van der Waals surface area contributed by atoms with Crippen LogP contribution < -0.4 is 16.0 Å². The number of amides is 1. The Balaban J connectivity index is 0.00000288. The summed E-state index contributed by atoms with van der Waals surface area (Å²) >= 11 is 0. The maximum atomic E-state index is 11.5. The molecule has 1 heterocycles. The van der Waals surface area contributed by atoms with Crippen LogP contribution >= 0.6 is 24.0 Å². The maximum absolute atomic E-state index is 11.5. The fourth-order valence-corrected chi connectivity index (χ4v) is 2.07. The van der Waals surface area contributed by atoms with Crippen LogP contribution in [0.3, 0.4) is 0 Å². The second kappa shape index (κ2) is 9.91. The van der Waals surface area contributed by atoms with Crippen LogP contribution in [0.1, 0.15) is 21.6 Å². The van der Waals surface area contributed by atoms with Crippen LogP contribution in [0.25, 0.3) is 0 Å². The van der Waals surface area contributed by atoms with E-state index in [-0.39, 0.29) is 29.9 Å². The van der Waals surface area contributed by atoms with Gasteiger partial charge < -0.3 is 16.0 Å². The zero-order valence-electron chi connectivity index (χ0n) is 14.0. The molecule has 8 heteroatoms. The van der Waals surface area contributed by atoms with Crippen LogP contribution in [0.15, 0.2) is 41.5 Å². The van der Waals surface area contributed by atoms with Gasteiger partial charge >= 0.3 is 0 Å². The van der Waals surface area contributed by atoms with E-state index in [4.69, 9.17) is 0 Å². The van der Waals surface area contributed by atoms with Gasteiger partial charge in [-0.25, -0.2) is 0 Å². The Morgan fingerprint density at radius 3 is 2.38 bits per heavy atom. The number of benzene rings is 1. The summed E-state index contributed by atoms with van der Waals surface area (Å²) < 4.78 is 1.82. The Kier molecular flexibility index (Phi) is 8.24. The topological polar surface area (TPSA) is 83.3 Å². The number of guanidine groups is 1. The first kappa shape index (κ1) is 19.9. The summed E-state index contributed by atoms with van der Waals surface area (Å²) in [5.74, 6) is 0.625. The molecular weight excluding hydrogens is 419 g/mol. The highest BCUT2D eigenvalue weighted by Crippen LogP contribution is 2.04. The number of aryl methyl sites for hydroxylation is 1. The quantitative estimate of drug-likeness (QED) is 0.370. The molecule has 0 fully saturated rings. The third-order valence-corrected chi connectivity index (χ3v) is 3.49. The summed E-state index contributed by atoms with van der Waals surface area (Å²) in [7, 11) is 5.25. The number of aromatic nitrogens is 2. The number of hydrogen-bond acceptors (Lipinski definition) is 3. The molecule has 0 aliphatic carbocycles. The van der Waals surface area contributed by atoms with Crippen molar-refractivity contribution in [3.05, 3.63) is 53.3 Å². The Hall–Kier alpha value is -2.10. The summed E-state index contributed by atoms with van der Waals surface area (Å²) in [6.07, 6.45) is 1.77. The Morgan fingerprint density at radius 1 is 1.17 bits per heavy atom. The van der Waals surface area contributed by atoms with E-state index in [0.29, 0.717) is 24.6 Å². The first-order valence-electron chi connectivity index (χ1n) is 7.36. The van der Waals surface area contributed by atoms with Crippen LogP contribution in [-0.4, -0.2) is 35.7 Å². The number of carbonyl (C=O) groups is 1. The number of hydrogen-bond donors (Lipinski definition) is 3. The SMILES string of the molecule is CN=C(NCc1ccc(C(=O)NC)cc1)NCc1ccnn1C.I. The highest BCUT2D eigenvalue weighted by molar-refractivity contribution is 14.0. The van der Waals surface area contributed by atoms with Crippen molar-refractivity contribution in [2.24, 2.45) is 12.0 Å². The molecule has 2 aromatic rings. The van der Waals surface area contributed by atoms with Crippen molar-refractivity contribution in [3.8, 4) is 0 Å². The van der Waals surface area contributed by atoms with Gasteiger partial charge in [0.2, 0.25) is 0 Å². The molecule has 0 saturated carbocycles. The van der Waals surface area contributed by atoms with Crippen molar-refractivity contribution in [1.82, 2.24) is 25.7 Å². The molecule has 0 radical (unpaired) electrons. The van der Waals surface area contributed by atoms with Gasteiger partial charge in [-0.2, -0.15) is 5.10 Å². The second-order valence-electron chi connectivity index (χ2n) is 5.00. The Morgan fingerprint density at radius 2 is 1.83 bits per heavy atom. The lowest BCUT2D eigenvalue weighted by Crippen LogP contribution is -2.36. The first-order chi connectivity index (χ1) is 11.1. The van der Waals surface area contributed by atoms with Gasteiger partial charge in [-0.05, 0) is 23.8 Å². The predicted octanol–water partition coefficient (Wildman–Crippen LogP) is 1.26. The van der Waals surface area contributed by atoms with Crippen LogP contribution in [0, 0.1) is 0 Å². The van der Waals surface area contributed by atoms with Gasteiger partial charge in [0.05, 0.1) is 12.2 Å². The molecule has 0 bridgehead atoms. The summed E-state index contributed by atoms with van der Waals surface area (Å²) in [6, 6.07) is 9.42. The van der Waals surface area contributed by atoms with Crippen molar-refractivity contribution in [2.45, 2.75) is 13.1 Å². The average molecular weight is 442 g/mol. The van der Waals surface area contributed by atoms with Crippen LogP contribution in [0.5, 0.6) is 0 Å². The van der Waals surface area contributed by atoms with Crippen molar-refractivity contribution < 1.29 is 4.79 Å². The van der Waals surface area contributed by atoms with Crippen LogP contribution in [0.4, 0.5) is 0 Å². The predicted molar refractivity (Wildman–Crippen MR) is 105 cm³/mol. The number of rotatable bonds is 5. The molecular formula is C16H23IN6O. The molecule has 0 unspecified atom stereocenters. The third-order valence-electron chi connectivity index (χ3n) is 3.49. The average Bonchev–Trinajstić information content (AvgIpc) is 3.00. The van der Waals surface area contributed by atoms with Crippen molar-refractivity contribution in [2.75, 3.05) is 14.1 Å². The minimum absolute atomic E-state index is 0. The van der Waals surface area contributed by atoms with E-state index in [0.717, 1.165) is 11.3 Å². The van der Waals surface area contributed by atoms with Crippen molar-refractivity contribution in [1.29, 1.82) is 0 Å². The van der Waals surface area contributed by atoms with Gasteiger partial charge in [-0.15, -0.1) is 24.0 Å². The molecule has 7 nitrogen and oxygen atoms in total. The fraction of sp³-hybridized carbons (Fsp3) is 0.312. The normalized spacial score (nSPS) is 10.7. The number of halogens is 1. The van der Waals surface area contributed by atoms with E-state index in [1.54, 1.807) is 20.3 Å². The van der Waals surface area contributed by atoms with E-state index in [1.807, 2.05) is 42.1 Å². The molecule has 24 heavy (non-hydrogen) atoms. The maximum Gasteiger partial charge on any atom is 0.251 e. The summed E-state index contributed by atoms with van der Waals surface area (Å²) in [5.41, 5.74) is 2.79. The lowest BCUT2D eigenvalue weighted by molar-refractivity contribution is 0.0963. The second-order valence-corrected chi connectivity index (χ2v) is 5.00. The van der Waals surface area contributed by atoms with Crippen LogP contribution in [-0.2, 0) is 20.1 Å². The molecule has 130 valence electrons. The molecule has 1 aromatic carbocycles. The highest BCUT2D eigenvalue weighted by atomic mass is 127. The van der Waals surface area contributed by atoms with E-state index >= 15 is 0 Å². The zero-order valence-corrected chi connectivity index (χ0v) is 16.4. The molecule has 1 aromatic heterocycles. The number of aliphatic imine (C=N–C) groups is 1. The summed E-state index contributed by atoms with van der Waals surface area (Å²) in [6.45, 7) is 1.27. The Labute approximate surface area is 159 Å². The van der Waals surface area contributed by atoms with Gasteiger partial charge in [0.15, 0.2) is 5.96 Å². The van der Waals surface area contributed by atoms with E-state index in [9.17, 15) is 4.79 Å². The van der Waals surface area contributed by atoms with E-state index in [1.165, 1.54) is 0 Å². The zero-order chi connectivity index (χ0) is 16.7. The van der Waals surface area contributed by atoms with E-state index in [2.05, 4.69) is 26.0 Å². The number of nitrogens with one attached hydrogen (secondary N) is 3. The van der Waals surface area contributed by atoms with Crippen LogP contribution in [0.2, 0.25) is 0 Å². The monoisotopic (exact) mass is 442 g/mol. The molecule has 0 spiro atoms. The van der Waals surface area contributed by atoms with Gasteiger partial charge in [0.1, 0.15) is 0 Å². The van der Waals surface area contributed by atoms with Gasteiger partial charge in [-0.3, -0.25) is 14.5 Å². The fourth-order valence-electron chi connectivity index (χ4n) is 2.07. The first-order valence-corrected chi connectivity index (χ1v) is 7.36. The standard InChI is InChI=1S/C16H22N6O.HI/c1-17-15(23)13-6-4-12(5-7-13)10-19-16(18-2)20-11-14-8-9-21-22(14)3;/h4-9H,10-11H2,1-3H3,(H,17,23)(H2,18,19,20);1H. The molecule has 0 atom stereocenters. The van der Waals surface area contributed by atoms with E-state index < -0.39 is 0 Å². The Bertz CT molecular complexity index is 680. The highest BCUT2D eigenvalue weighted by Gasteiger charge is 2.04. The molecule has 2 rings (SSSR count). The molecule has 0 aliphatic rings. The van der Waals surface area contributed by atoms with Gasteiger partial charge in [0, 0.05) is 39.4 Å². The van der Waals surface area contributed by atoms with Crippen molar-refractivity contribution in [3.63, 3.8) is 0 Å². The summed E-state index contributed by atoms with van der Waals surface area (Å²) in [4.78, 5) is 15.7. The molecule has 3 N–H and O–H groups in total. The largest absolute Gasteiger partial charge is 0.355 e. The lowest BCUT2D eigenvalue weighted by Gasteiger charge is -2.12.